The van der Waals surface area contributed by atoms with Gasteiger partial charge < -0.3 is 20.5 Å². The number of carbonyl (C=O) groups excluding carboxylic acids is 2. The monoisotopic (exact) mass is 677 g/mol. The lowest BCUT2D eigenvalue weighted by Crippen LogP contribution is -2.49. The molecular formula is C35H38F3N7O4. The molecular weight excluding hydrogens is 639 g/mol. The van der Waals surface area contributed by atoms with Crippen LogP contribution < -0.4 is 30.7 Å². The molecule has 11 nitrogen and oxygen atoms in total. The van der Waals surface area contributed by atoms with Crippen LogP contribution in [-0.4, -0.2) is 59.7 Å². The number of likely N-dealkylation sites (tertiary alicyclic amines) is 1. The summed E-state index contributed by atoms with van der Waals surface area (Å²) in [5.74, 6) is 1.72. The first-order valence-electron chi connectivity index (χ1n) is 16.1. The van der Waals surface area contributed by atoms with Gasteiger partial charge in [0.2, 0.25) is 5.91 Å². The van der Waals surface area contributed by atoms with E-state index in [1.54, 1.807) is 31.9 Å². The van der Waals surface area contributed by atoms with Gasteiger partial charge in [0.25, 0.3) is 0 Å². The maximum atomic E-state index is 13.5. The molecule has 0 unspecified atom stereocenters. The predicted molar refractivity (Wildman–Crippen MR) is 180 cm³/mol. The van der Waals surface area contributed by atoms with Crippen molar-refractivity contribution in [2.75, 3.05) is 42.7 Å². The molecule has 3 aromatic carbocycles. The number of amides is 3. The molecule has 3 amide bonds. The van der Waals surface area contributed by atoms with Crippen molar-refractivity contribution in [3.63, 3.8) is 0 Å². The van der Waals surface area contributed by atoms with Crippen LogP contribution in [0.25, 0.3) is 10.9 Å². The van der Waals surface area contributed by atoms with Crippen LogP contribution in [0.1, 0.15) is 54.7 Å². The lowest BCUT2D eigenvalue weighted by Gasteiger charge is -2.32. The molecule has 0 aliphatic carbocycles. The van der Waals surface area contributed by atoms with Gasteiger partial charge in [-0.25, -0.2) is 14.8 Å². The lowest BCUT2D eigenvalue weighted by atomic mass is 10.0. The summed E-state index contributed by atoms with van der Waals surface area (Å²) in [6, 6.07) is 14.0. The third-order valence-electron chi connectivity index (χ3n) is 8.79. The first kappa shape index (κ1) is 33.8. The zero-order valence-corrected chi connectivity index (χ0v) is 27.4. The summed E-state index contributed by atoms with van der Waals surface area (Å²) < 4.78 is 52.6. The van der Waals surface area contributed by atoms with E-state index in [0.717, 1.165) is 55.9 Å². The van der Waals surface area contributed by atoms with E-state index >= 15 is 0 Å². The molecule has 0 saturated carbocycles. The number of imide groups is 1. The minimum Gasteiger partial charge on any atom is -0.493 e. The summed E-state index contributed by atoms with van der Waals surface area (Å²) in [4.78, 5) is 36.7. The second-order valence-electron chi connectivity index (χ2n) is 12.4. The van der Waals surface area contributed by atoms with Gasteiger partial charge in [-0.05, 0) is 74.2 Å². The molecule has 2 aliphatic rings. The normalized spacial score (nSPS) is 16.8. The molecule has 1 aromatic heterocycles. The van der Waals surface area contributed by atoms with Crippen molar-refractivity contribution >= 4 is 40.0 Å². The number of anilines is 3. The first-order chi connectivity index (χ1) is 23.4. The molecule has 49 heavy (non-hydrogen) atoms. The number of fused-ring (bicyclic) bond motifs is 1. The van der Waals surface area contributed by atoms with Gasteiger partial charge in [0.05, 0.1) is 24.2 Å². The van der Waals surface area contributed by atoms with Gasteiger partial charge in [0.15, 0.2) is 11.5 Å². The molecule has 2 aliphatic heterocycles. The van der Waals surface area contributed by atoms with Gasteiger partial charge in [-0.3, -0.25) is 19.9 Å². The summed E-state index contributed by atoms with van der Waals surface area (Å²) in [5, 5.41) is 6.25. The van der Waals surface area contributed by atoms with E-state index in [4.69, 9.17) is 15.2 Å². The Bertz CT molecular complexity index is 1860. The quantitative estimate of drug-likeness (QED) is 0.177. The van der Waals surface area contributed by atoms with E-state index in [9.17, 15) is 22.8 Å². The van der Waals surface area contributed by atoms with E-state index in [0.29, 0.717) is 46.2 Å². The highest BCUT2D eigenvalue weighted by Crippen LogP contribution is 2.38. The van der Waals surface area contributed by atoms with Crippen molar-refractivity contribution in [1.82, 2.24) is 20.2 Å². The summed E-state index contributed by atoms with van der Waals surface area (Å²) in [7, 11) is 1.56. The number of nitrogens with one attached hydrogen (secondary N) is 2. The number of hydrogen-bond donors (Lipinski definition) is 3. The Morgan fingerprint density at radius 1 is 1.02 bits per heavy atom. The molecule has 4 N–H and O–H groups in total. The number of nitrogen functional groups attached to an aromatic ring is 1. The summed E-state index contributed by atoms with van der Waals surface area (Å²) >= 11 is 0. The van der Waals surface area contributed by atoms with Crippen molar-refractivity contribution in [2.24, 2.45) is 0 Å². The third kappa shape index (κ3) is 7.80. The number of halogens is 3. The van der Waals surface area contributed by atoms with Gasteiger partial charge in [0, 0.05) is 55.4 Å². The molecule has 3 heterocycles. The Morgan fingerprint density at radius 3 is 2.43 bits per heavy atom. The maximum Gasteiger partial charge on any atom is 0.416 e. The number of ether oxygens (including phenoxy) is 2. The molecule has 6 rings (SSSR count). The van der Waals surface area contributed by atoms with Crippen LogP contribution in [0.15, 0.2) is 54.6 Å². The Balaban J connectivity index is 1.13. The van der Waals surface area contributed by atoms with Crippen molar-refractivity contribution < 1.29 is 32.2 Å². The summed E-state index contributed by atoms with van der Waals surface area (Å²) in [5.41, 5.74) is 7.87. The van der Waals surface area contributed by atoms with Gasteiger partial charge in [-0.15, -0.1) is 0 Å². The number of rotatable bonds is 9. The molecule has 0 spiro atoms. The second-order valence-corrected chi connectivity index (χ2v) is 12.4. The number of nitrogens with zero attached hydrogens (tertiary/aromatic N) is 4. The predicted octanol–water partition coefficient (Wildman–Crippen LogP) is 6.21. The van der Waals surface area contributed by atoms with E-state index in [1.165, 1.54) is 6.07 Å². The van der Waals surface area contributed by atoms with E-state index < -0.39 is 23.8 Å². The van der Waals surface area contributed by atoms with E-state index in [2.05, 4.69) is 25.5 Å². The van der Waals surface area contributed by atoms with Crippen LogP contribution in [0.3, 0.4) is 0 Å². The van der Waals surface area contributed by atoms with Crippen molar-refractivity contribution in [3.8, 4) is 11.5 Å². The van der Waals surface area contributed by atoms with Gasteiger partial charge in [-0.2, -0.15) is 13.2 Å². The molecule has 4 aromatic rings. The van der Waals surface area contributed by atoms with Crippen molar-refractivity contribution in [2.45, 2.75) is 58.0 Å². The van der Waals surface area contributed by atoms with Gasteiger partial charge >= 0.3 is 12.2 Å². The Kier molecular flexibility index (Phi) is 9.50. The largest absolute Gasteiger partial charge is 0.493 e. The first-order valence-corrected chi connectivity index (χ1v) is 16.1. The number of alkyl halides is 3. The molecule has 2 saturated heterocycles. The minimum absolute atomic E-state index is 0.0227. The fraction of sp³-hybridized carbons (Fsp3) is 0.371. The molecule has 0 bridgehead atoms. The number of benzene rings is 3. The molecule has 0 radical (unpaired) electrons. The number of piperidine rings is 1. The Labute approximate surface area is 281 Å². The van der Waals surface area contributed by atoms with Crippen molar-refractivity contribution in [3.05, 3.63) is 77.1 Å². The Hall–Kier alpha value is -5.11. The standard InChI is InChI=1S/C35H38F3N7O4/c1-20(23-14-24(35(36,37)38)16-25(39)15-23)40-33-28-17-31(30(48-3)18-29(28)41-21(2)42-33)49-27-8-11-44(12-9-27)19-22-4-6-26(7-5-22)45-13-10-32(46)43-34(45)47/h4-7,14-18,20,27H,8-13,19,39H2,1-3H3,(H,40,41,42)(H,43,46,47)/t20-/m1/s1. The van der Waals surface area contributed by atoms with E-state index in [-0.39, 0.29) is 24.1 Å². The van der Waals surface area contributed by atoms with E-state index in [1.807, 2.05) is 30.3 Å². The Morgan fingerprint density at radius 2 is 1.76 bits per heavy atom. The zero-order chi connectivity index (χ0) is 34.9. The molecule has 2 fully saturated rings. The average molecular weight is 678 g/mol. The van der Waals surface area contributed by atoms with Gasteiger partial charge in [-0.1, -0.05) is 12.1 Å². The fourth-order valence-electron chi connectivity index (χ4n) is 6.21. The number of hydrogen-bond acceptors (Lipinski definition) is 9. The van der Waals surface area contributed by atoms with Gasteiger partial charge in [0.1, 0.15) is 17.7 Å². The smallest absolute Gasteiger partial charge is 0.416 e. The number of nitrogens with two attached hydrogens (primary N) is 1. The summed E-state index contributed by atoms with van der Waals surface area (Å²) in [6.45, 7) is 6.22. The topological polar surface area (TPSA) is 135 Å². The summed E-state index contributed by atoms with van der Waals surface area (Å²) in [6.07, 6.45) is -2.75. The second kappa shape index (κ2) is 13.8. The number of aryl methyl sites for hydroxylation is 1. The van der Waals surface area contributed by atoms with Crippen LogP contribution in [0.2, 0.25) is 0 Å². The number of urea groups is 1. The van der Waals surface area contributed by atoms with Crippen molar-refractivity contribution in [1.29, 1.82) is 0 Å². The molecule has 14 heteroatoms. The molecule has 258 valence electrons. The third-order valence-corrected chi connectivity index (χ3v) is 8.79. The number of carbonyl (C=O) groups is 2. The van der Waals surface area contributed by atoms with Crippen LogP contribution in [0.4, 0.5) is 35.2 Å². The highest BCUT2D eigenvalue weighted by molar-refractivity contribution is 6.05. The molecule has 1 atom stereocenters. The number of aromatic nitrogens is 2. The SMILES string of the molecule is COc1cc2nc(C)nc(N[C@H](C)c3cc(N)cc(C(F)(F)F)c3)c2cc1OC1CCN(Cc2ccc(N3CCC(=O)NC3=O)cc2)CC1. The lowest BCUT2D eigenvalue weighted by molar-refractivity contribution is -0.137. The zero-order valence-electron chi connectivity index (χ0n) is 27.4. The van der Waals surface area contributed by atoms with Crippen LogP contribution >= 0.6 is 0 Å². The highest BCUT2D eigenvalue weighted by Gasteiger charge is 2.32. The van der Waals surface area contributed by atoms with Crippen LogP contribution in [0, 0.1) is 6.92 Å². The maximum absolute atomic E-state index is 13.5. The highest BCUT2D eigenvalue weighted by atomic mass is 19.4. The van der Waals surface area contributed by atoms with Crippen LogP contribution in [-0.2, 0) is 17.5 Å². The number of methoxy groups -OCH3 is 1. The minimum atomic E-state index is -4.52. The van der Waals surface area contributed by atoms with Crippen LogP contribution in [0.5, 0.6) is 11.5 Å². The average Bonchev–Trinajstić information content (AvgIpc) is 3.05. The fourth-order valence-corrected chi connectivity index (χ4v) is 6.21.